The molecule has 0 aliphatic rings. The first-order valence-corrected chi connectivity index (χ1v) is 8.02. The van der Waals surface area contributed by atoms with Crippen LogP contribution in [0.15, 0.2) is 32.9 Å². The first kappa shape index (κ1) is 15.5. The van der Waals surface area contributed by atoms with Gasteiger partial charge in [0.05, 0.1) is 13.7 Å². The predicted octanol–water partition coefficient (Wildman–Crippen LogP) is 1.87. The second-order valence-corrected chi connectivity index (χ2v) is 7.43. The molecule has 0 amide bonds. The van der Waals surface area contributed by atoms with Crippen molar-refractivity contribution in [2.75, 3.05) is 14.2 Å². The number of hydrogen-bond acceptors (Lipinski definition) is 6. The van der Waals surface area contributed by atoms with Gasteiger partial charge in [-0.05, 0) is 24.3 Å². The average Bonchev–Trinajstić information content (AvgIpc) is 3.07. The van der Waals surface area contributed by atoms with E-state index in [9.17, 15) is 13.2 Å². The number of rotatable bonds is 6. The molecule has 2 aromatic rings. The van der Waals surface area contributed by atoms with Crippen LogP contribution in [0.1, 0.15) is 16.3 Å². The Kier molecular flexibility index (Phi) is 4.35. The van der Waals surface area contributed by atoms with E-state index >= 15 is 0 Å². The monoisotopic (exact) mass is 331 g/mol. The molecule has 21 heavy (non-hydrogen) atoms. The molecule has 2 heterocycles. The zero-order chi connectivity index (χ0) is 15.6. The fourth-order valence-electron chi connectivity index (χ4n) is 1.59. The summed E-state index contributed by atoms with van der Waals surface area (Å²) >= 11 is 1.01. The highest BCUT2D eigenvalue weighted by Crippen LogP contribution is 2.30. The maximum atomic E-state index is 12.3. The Hall–Kier alpha value is -1.84. The van der Waals surface area contributed by atoms with Gasteiger partial charge in [0, 0.05) is 7.05 Å². The van der Waals surface area contributed by atoms with Crippen molar-refractivity contribution >= 4 is 27.3 Å². The molecule has 0 fully saturated rings. The molecule has 0 bridgehead atoms. The molecule has 0 aromatic carbocycles. The number of hydrogen-bond donors (Lipinski definition) is 1. The van der Waals surface area contributed by atoms with Gasteiger partial charge in [0.2, 0.25) is 5.76 Å². The number of carboxylic acid groups (broad SMARTS) is 1. The summed E-state index contributed by atoms with van der Waals surface area (Å²) in [7, 11) is -0.819. The number of carbonyl (C=O) groups is 1. The largest absolute Gasteiger partial charge is 0.487 e. The van der Waals surface area contributed by atoms with Crippen LogP contribution in [0.5, 0.6) is 5.06 Å². The molecule has 0 spiro atoms. The molecule has 0 unspecified atom stereocenters. The molecule has 0 saturated heterocycles. The number of methoxy groups -OCH3 is 1. The predicted molar refractivity (Wildman–Crippen MR) is 75.2 cm³/mol. The minimum Gasteiger partial charge on any atom is -0.487 e. The quantitative estimate of drug-likeness (QED) is 0.868. The first-order valence-electron chi connectivity index (χ1n) is 5.76. The molecule has 0 radical (unpaired) electrons. The fraction of sp³-hybridized carbons (Fsp3) is 0.250. The zero-order valence-corrected chi connectivity index (χ0v) is 12.9. The van der Waals surface area contributed by atoms with E-state index in [0.717, 1.165) is 15.6 Å². The molecule has 0 atom stereocenters. The number of aromatic carboxylic acids is 1. The smallest absolute Gasteiger partial charge is 0.371 e. The number of sulfonamides is 1. The topological polar surface area (TPSA) is 97.1 Å². The van der Waals surface area contributed by atoms with Crippen LogP contribution in [0.3, 0.4) is 0 Å². The van der Waals surface area contributed by atoms with E-state index in [1.54, 1.807) is 6.07 Å². The summed E-state index contributed by atoms with van der Waals surface area (Å²) in [6, 6.07) is 5.75. The fourth-order valence-corrected chi connectivity index (χ4v) is 4.04. The molecule has 0 aliphatic carbocycles. The second kappa shape index (κ2) is 5.88. The Morgan fingerprint density at radius 2 is 2.10 bits per heavy atom. The lowest BCUT2D eigenvalue weighted by molar-refractivity contribution is 0.0659. The lowest BCUT2D eigenvalue weighted by atomic mass is 10.4. The molecule has 0 aliphatic heterocycles. The SMILES string of the molecule is COc1ccc(S(=O)(=O)N(C)Cc2ccc(C(=O)O)o2)s1. The van der Waals surface area contributed by atoms with Gasteiger partial charge >= 0.3 is 5.97 Å². The van der Waals surface area contributed by atoms with E-state index in [1.807, 2.05) is 0 Å². The van der Waals surface area contributed by atoms with Crippen LogP contribution in [0.4, 0.5) is 0 Å². The molecule has 7 nitrogen and oxygen atoms in total. The van der Waals surface area contributed by atoms with Crippen molar-refractivity contribution < 1.29 is 27.5 Å². The van der Waals surface area contributed by atoms with Gasteiger partial charge in [0.15, 0.2) is 5.06 Å². The number of furan rings is 1. The van der Waals surface area contributed by atoms with Crippen molar-refractivity contribution in [2.45, 2.75) is 10.8 Å². The van der Waals surface area contributed by atoms with E-state index in [4.69, 9.17) is 14.3 Å². The summed E-state index contributed by atoms with van der Waals surface area (Å²) in [5.41, 5.74) is 0. The number of ether oxygens (including phenoxy) is 1. The van der Waals surface area contributed by atoms with E-state index in [0.29, 0.717) is 5.06 Å². The van der Waals surface area contributed by atoms with Crippen LogP contribution in [0, 0.1) is 0 Å². The molecular formula is C12H13NO6S2. The molecule has 9 heteroatoms. The van der Waals surface area contributed by atoms with E-state index in [2.05, 4.69) is 0 Å². The Morgan fingerprint density at radius 3 is 2.62 bits per heavy atom. The summed E-state index contributed by atoms with van der Waals surface area (Å²) in [4.78, 5) is 10.7. The Morgan fingerprint density at radius 1 is 1.38 bits per heavy atom. The average molecular weight is 331 g/mol. The van der Waals surface area contributed by atoms with Crippen LogP contribution < -0.4 is 4.74 Å². The van der Waals surface area contributed by atoms with Crippen LogP contribution in [-0.2, 0) is 16.6 Å². The van der Waals surface area contributed by atoms with Crippen molar-refractivity contribution in [3.05, 3.63) is 35.8 Å². The minimum atomic E-state index is -3.67. The van der Waals surface area contributed by atoms with Crippen molar-refractivity contribution in [3.8, 4) is 5.06 Å². The Labute approximate surface area is 125 Å². The third-order valence-electron chi connectivity index (χ3n) is 2.67. The highest BCUT2D eigenvalue weighted by Gasteiger charge is 2.24. The Balaban J connectivity index is 2.17. The maximum Gasteiger partial charge on any atom is 0.371 e. The zero-order valence-electron chi connectivity index (χ0n) is 11.3. The van der Waals surface area contributed by atoms with Crippen molar-refractivity contribution in [1.82, 2.24) is 4.31 Å². The van der Waals surface area contributed by atoms with Gasteiger partial charge in [-0.2, -0.15) is 4.31 Å². The van der Waals surface area contributed by atoms with E-state index in [1.165, 1.54) is 32.4 Å². The third kappa shape index (κ3) is 3.26. The highest BCUT2D eigenvalue weighted by atomic mass is 32.2. The van der Waals surface area contributed by atoms with Crippen LogP contribution >= 0.6 is 11.3 Å². The normalized spacial score (nSPS) is 11.8. The molecule has 114 valence electrons. The van der Waals surface area contributed by atoms with Gasteiger partial charge in [-0.1, -0.05) is 11.3 Å². The van der Waals surface area contributed by atoms with Crippen molar-refractivity contribution in [3.63, 3.8) is 0 Å². The van der Waals surface area contributed by atoms with Crippen LogP contribution in [0.25, 0.3) is 0 Å². The summed E-state index contributed by atoms with van der Waals surface area (Å²) in [5, 5.41) is 9.26. The number of nitrogens with zero attached hydrogens (tertiary/aromatic N) is 1. The molecule has 2 rings (SSSR count). The first-order chi connectivity index (χ1) is 9.84. The lowest BCUT2D eigenvalue weighted by Gasteiger charge is -2.14. The van der Waals surface area contributed by atoms with E-state index in [-0.39, 0.29) is 22.3 Å². The summed E-state index contributed by atoms with van der Waals surface area (Å²) in [6.07, 6.45) is 0. The summed E-state index contributed by atoms with van der Waals surface area (Å²) in [6.45, 7) is -0.0597. The van der Waals surface area contributed by atoms with Crippen molar-refractivity contribution in [2.24, 2.45) is 0 Å². The minimum absolute atomic E-state index is 0.0597. The molecule has 2 aromatic heterocycles. The lowest BCUT2D eigenvalue weighted by Crippen LogP contribution is -2.25. The summed E-state index contributed by atoms with van der Waals surface area (Å²) < 4.78 is 35.9. The second-order valence-electron chi connectivity index (χ2n) is 4.11. The van der Waals surface area contributed by atoms with Crippen LogP contribution in [-0.4, -0.2) is 38.0 Å². The third-order valence-corrected chi connectivity index (χ3v) is 5.99. The highest BCUT2D eigenvalue weighted by molar-refractivity contribution is 7.91. The molecule has 0 saturated carbocycles. The van der Waals surface area contributed by atoms with Gasteiger partial charge in [-0.25, -0.2) is 13.2 Å². The number of carboxylic acids is 1. The number of thiophene rings is 1. The maximum absolute atomic E-state index is 12.3. The van der Waals surface area contributed by atoms with Gasteiger partial charge in [-0.3, -0.25) is 0 Å². The van der Waals surface area contributed by atoms with Crippen LogP contribution in [0.2, 0.25) is 0 Å². The van der Waals surface area contributed by atoms with Gasteiger partial charge in [-0.15, -0.1) is 0 Å². The van der Waals surface area contributed by atoms with Crippen molar-refractivity contribution in [1.29, 1.82) is 0 Å². The molecular weight excluding hydrogens is 318 g/mol. The Bertz CT molecular complexity index is 745. The molecule has 1 N–H and O–H groups in total. The summed E-state index contributed by atoms with van der Waals surface area (Å²) in [5.74, 6) is -1.18. The van der Waals surface area contributed by atoms with E-state index < -0.39 is 16.0 Å². The standard InChI is InChI=1S/C12H13NO6S2/c1-13(7-8-3-4-9(19-8)12(14)15)21(16,17)11-6-5-10(18-2)20-11/h3-6H,7H2,1-2H3,(H,14,15). The van der Waals surface area contributed by atoms with Gasteiger partial charge < -0.3 is 14.3 Å². The van der Waals surface area contributed by atoms with Gasteiger partial charge in [0.1, 0.15) is 9.97 Å². The van der Waals surface area contributed by atoms with Gasteiger partial charge in [0.25, 0.3) is 10.0 Å².